The summed E-state index contributed by atoms with van der Waals surface area (Å²) in [6.07, 6.45) is 1.69. The van der Waals surface area contributed by atoms with Crippen LogP contribution in [0.3, 0.4) is 0 Å². The van der Waals surface area contributed by atoms with Crippen molar-refractivity contribution in [2.45, 2.75) is 4.90 Å². The molecule has 0 aliphatic carbocycles. The largest absolute Gasteiger partial charge is 0.366 e. The summed E-state index contributed by atoms with van der Waals surface area (Å²) in [7, 11) is 0. The van der Waals surface area contributed by atoms with Gasteiger partial charge in [-0.3, -0.25) is 4.79 Å². The summed E-state index contributed by atoms with van der Waals surface area (Å²) in [5, 5.41) is 0. The van der Waals surface area contributed by atoms with Gasteiger partial charge in [-0.1, -0.05) is 12.1 Å². The molecular weight excluding hydrogens is 190 g/mol. The van der Waals surface area contributed by atoms with Crippen LogP contribution in [-0.4, -0.2) is 12.2 Å². The minimum Gasteiger partial charge on any atom is -0.366 e. The van der Waals surface area contributed by atoms with Crippen LogP contribution >= 0.6 is 25.3 Å². The number of benzene rings is 1. The lowest BCUT2D eigenvalue weighted by atomic mass is 10.2. The molecule has 0 saturated heterocycles. The predicted molar refractivity (Wildman–Crippen MR) is 57.1 cm³/mol. The molecule has 0 aliphatic rings. The number of carbonyl (C=O) groups excluding carboxylic acids is 1. The molecule has 1 rings (SSSR count). The number of hydrogen-bond donors (Lipinski definition) is 3. The highest BCUT2D eigenvalue weighted by Crippen LogP contribution is 2.10. The molecule has 0 atom stereocenters. The van der Waals surface area contributed by atoms with Gasteiger partial charge in [0.2, 0.25) is 5.91 Å². The van der Waals surface area contributed by atoms with Gasteiger partial charge in [0.1, 0.15) is 0 Å². The second kappa shape index (κ2) is 5.97. The van der Waals surface area contributed by atoms with Crippen molar-refractivity contribution < 1.29 is 4.79 Å². The monoisotopic (exact) mass is 201 g/mol. The van der Waals surface area contributed by atoms with E-state index in [0.29, 0.717) is 10.5 Å². The SMILES string of the molecule is CS.NC(=O)c1ccccc1S. The third-order valence-electron chi connectivity index (χ3n) is 1.17. The first-order chi connectivity index (χ1) is 5.72. The van der Waals surface area contributed by atoms with Crippen LogP contribution in [0.25, 0.3) is 0 Å². The van der Waals surface area contributed by atoms with Crippen LogP contribution in [0.4, 0.5) is 0 Å². The minimum atomic E-state index is -0.439. The van der Waals surface area contributed by atoms with Gasteiger partial charge in [-0.05, 0) is 18.4 Å². The highest BCUT2D eigenvalue weighted by Gasteiger charge is 2.01. The quantitative estimate of drug-likeness (QED) is 0.594. The summed E-state index contributed by atoms with van der Waals surface area (Å²) in [4.78, 5) is 11.2. The summed E-state index contributed by atoms with van der Waals surface area (Å²) >= 11 is 7.56. The lowest BCUT2D eigenvalue weighted by Gasteiger charge is -1.96. The number of amides is 1. The minimum absolute atomic E-state index is 0.439. The van der Waals surface area contributed by atoms with E-state index < -0.39 is 5.91 Å². The fraction of sp³-hybridized carbons (Fsp3) is 0.125. The number of thiol groups is 2. The van der Waals surface area contributed by atoms with Gasteiger partial charge in [0.15, 0.2) is 0 Å². The van der Waals surface area contributed by atoms with E-state index in [9.17, 15) is 4.79 Å². The van der Waals surface area contributed by atoms with Crippen molar-refractivity contribution in [2.24, 2.45) is 5.73 Å². The first-order valence-electron chi connectivity index (χ1n) is 3.24. The molecule has 66 valence electrons. The molecule has 0 bridgehead atoms. The molecule has 0 saturated carbocycles. The molecule has 0 unspecified atom stereocenters. The topological polar surface area (TPSA) is 43.1 Å². The Morgan fingerprint density at radius 1 is 1.33 bits per heavy atom. The van der Waals surface area contributed by atoms with E-state index in [1.807, 2.05) is 0 Å². The summed E-state index contributed by atoms with van der Waals surface area (Å²) in [5.74, 6) is -0.439. The van der Waals surface area contributed by atoms with Crippen molar-refractivity contribution in [3.8, 4) is 0 Å². The lowest BCUT2D eigenvalue weighted by molar-refractivity contribution is 0.0997. The molecule has 0 heterocycles. The van der Waals surface area contributed by atoms with Crippen LogP contribution in [0.1, 0.15) is 10.4 Å². The summed E-state index contributed by atoms with van der Waals surface area (Å²) < 4.78 is 0. The molecule has 2 nitrogen and oxygen atoms in total. The summed E-state index contributed by atoms with van der Waals surface area (Å²) in [6, 6.07) is 6.92. The molecule has 0 fully saturated rings. The molecule has 0 radical (unpaired) electrons. The van der Waals surface area contributed by atoms with Gasteiger partial charge >= 0.3 is 0 Å². The van der Waals surface area contributed by atoms with E-state index in [-0.39, 0.29) is 0 Å². The zero-order valence-electron chi connectivity index (χ0n) is 6.69. The standard InChI is InChI=1S/C7H7NOS.CH4S/c8-7(9)5-3-1-2-4-6(5)10;1-2/h1-4,10H,(H2,8,9);2H,1H3. The third-order valence-corrected chi connectivity index (χ3v) is 1.56. The second-order valence-electron chi connectivity index (χ2n) is 1.88. The molecule has 0 aliphatic heterocycles. The van der Waals surface area contributed by atoms with Crippen LogP contribution in [0.2, 0.25) is 0 Å². The van der Waals surface area contributed by atoms with E-state index in [4.69, 9.17) is 5.73 Å². The van der Waals surface area contributed by atoms with E-state index in [2.05, 4.69) is 25.3 Å². The highest BCUT2D eigenvalue weighted by atomic mass is 32.1. The van der Waals surface area contributed by atoms with Crippen molar-refractivity contribution in [1.29, 1.82) is 0 Å². The molecule has 0 spiro atoms. The first kappa shape index (κ1) is 11.4. The van der Waals surface area contributed by atoms with Gasteiger partial charge < -0.3 is 5.73 Å². The highest BCUT2D eigenvalue weighted by molar-refractivity contribution is 7.80. The van der Waals surface area contributed by atoms with Crippen LogP contribution in [0.15, 0.2) is 29.2 Å². The maximum atomic E-state index is 10.6. The van der Waals surface area contributed by atoms with Crippen LogP contribution in [0, 0.1) is 0 Å². The van der Waals surface area contributed by atoms with Gasteiger partial charge in [-0.25, -0.2) is 0 Å². The van der Waals surface area contributed by atoms with Crippen molar-refractivity contribution in [3.05, 3.63) is 29.8 Å². The Morgan fingerprint density at radius 3 is 2.17 bits per heavy atom. The molecule has 12 heavy (non-hydrogen) atoms. The Hall–Kier alpha value is -0.610. The average molecular weight is 201 g/mol. The van der Waals surface area contributed by atoms with Gasteiger partial charge in [0.05, 0.1) is 5.56 Å². The van der Waals surface area contributed by atoms with Gasteiger partial charge in [0, 0.05) is 4.90 Å². The van der Waals surface area contributed by atoms with Crippen molar-refractivity contribution in [2.75, 3.05) is 6.26 Å². The van der Waals surface area contributed by atoms with Gasteiger partial charge in [-0.2, -0.15) is 12.6 Å². The van der Waals surface area contributed by atoms with E-state index in [0.717, 1.165) is 0 Å². The zero-order valence-corrected chi connectivity index (χ0v) is 8.48. The van der Waals surface area contributed by atoms with E-state index >= 15 is 0 Å². The second-order valence-corrected chi connectivity index (χ2v) is 2.36. The maximum absolute atomic E-state index is 10.6. The van der Waals surface area contributed by atoms with Crippen molar-refractivity contribution in [1.82, 2.24) is 0 Å². The zero-order chi connectivity index (χ0) is 9.56. The molecule has 1 aromatic rings. The molecule has 2 N–H and O–H groups in total. The third kappa shape index (κ3) is 3.19. The fourth-order valence-electron chi connectivity index (χ4n) is 0.682. The molecular formula is C8H11NOS2. The fourth-order valence-corrected chi connectivity index (χ4v) is 0.953. The van der Waals surface area contributed by atoms with Crippen molar-refractivity contribution in [3.63, 3.8) is 0 Å². The van der Waals surface area contributed by atoms with Gasteiger partial charge in [0.25, 0.3) is 0 Å². The number of nitrogens with two attached hydrogens (primary N) is 1. The summed E-state index contributed by atoms with van der Waals surface area (Å²) in [5.41, 5.74) is 5.49. The molecule has 0 aromatic heterocycles. The molecule has 1 amide bonds. The maximum Gasteiger partial charge on any atom is 0.249 e. The number of rotatable bonds is 1. The van der Waals surface area contributed by atoms with Crippen molar-refractivity contribution >= 4 is 31.2 Å². The first-order valence-corrected chi connectivity index (χ1v) is 4.58. The van der Waals surface area contributed by atoms with Gasteiger partial charge in [-0.15, -0.1) is 12.6 Å². The average Bonchev–Trinajstić information content (AvgIpc) is 2.08. The number of hydrogen-bond acceptors (Lipinski definition) is 3. The molecule has 1 aromatic carbocycles. The number of carbonyl (C=O) groups is 1. The Kier molecular flexibility index (Phi) is 5.66. The van der Waals surface area contributed by atoms with E-state index in [1.165, 1.54) is 0 Å². The Balaban J connectivity index is 0.000000561. The normalized spacial score (nSPS) is 8.25. The molecule has 4 heteroatoms. The van der Waals surface area contributed by atoms with Crippen LogP contribution < -0.4 is 5.73 Å². The Bertz CT molecular complexity index is 263. The smallest absolute Gasteiger partial charge is 0.249 e. The van der Waals surface area contributed by atoms with Crippen LogP contribution in [0.5, 0.6) is 0 Å². The summed E-state index contributed by atoms with van der Waals surface area (Å²) in [6.45, 7) is 0. The Labute approximate surface area is 83.0 Å². The van der Waals surface area contributed by atoms with E-state index in [1.54, 1.807) is 30.5 Å². The Morgan fingerprint density at radius 2 is 1.83 bits per heavy atom. The van der Waals surface area contributed by atoms with Crippen LogP contribution in [-0.2, 0) is 0 Å². The predicted octanol–water partition coefficient (Wildman–Crippen LogP) is 1.62. The number of primary amides is 1. The lowest BCUT2D eigenvalue weighted by Crippen LogP contribution is -2.11.